The molecule has 0 radical (unpaired) electrons. The molecule has 0 amide bonds. The Labute approximate surface area is 103 Å². The molecule has 0 saturated carbocycles. The lowest BCUT2D eigenvalue weighted by Crippen LogP contribution is -2.16. The molecule has 0 fully saturated rings. The number of aryl methyl sites for hydroxylation is 1. The summed E-state index contributed by atoms with van der Waals surface area (Å²) in [6.45, 7) is 0. The Bertz CT molecular complexity index is 496. The molecule has 1 nitrogen and oxygen atoms in total. The summed E-state index contributed by atoms with van der Waals surface area (Å²) in [7, 11) is 0. The highest BCUT2D eigenvalue weighted by Crippen LogP contribution is 2.37. The number of carbonyl (C=O) groups is 1. The Balaban J connectivity index is 1.96. The molecule has 82 valence electrons. The summed E-state index contributed by atoms with van der Waals surface area (Å²) in [5, 5.41) is 6.05. The van der Waals surface area contributed by atoms with Crippen molar-refractivity contribution in [2.24, 2.45) is 0 Å². The van der Waals surface area contributed by atoms with Gasteiger partial charge in [-0.3, -0.25) is 4.79 Å². The van der Waals surface area contributed by atoms with Crippen molar-refractivity contribution in [1.29, 1.82) is 0 Å². The van der Waals surface area contributed by atoms with Crippen LogP contribution < -0.4 is 0 Å². The minimum Gasteiger partial charge on any atom is -0.293 e. The van der Waals surface area contributed by atoms with Crippen LogP contribution in [0, 0.1) is 0 Å². The van der Waals surface area contributed by atoms with Gasteiger partial charge in [-0.2, -0.15) is 11.3 Å². The topological polar surface area (TPSA) is 17.1 Å². The first-order valence-electron chi connectivity index (χ1n) is 5.49. The predicted molar refractivity (Wildman–Crippen MR) is 68.6 cm³/mol. The van der Waals surface area contributed by atoms with Gasteiger partial charge in [-0.25, -0.2) is 0 Å². The number of fused-ring (bicyclic) bond motifs is 1. The Morgan fingerprint density at radius 3 is 3.06 bits per heavy atom. The van der Waals surface area contributed by atoms with Crippen molar-refractivity contribution in [1.82, 2.24) is 0 Å². The number of rotatable bonds is 2. The van der Waals surface area contributed by atoms with E-state index >= 15 is 0 Å². The molecule has 0 saturated heterocycles. The monoisotopic (exact) mass is 248 g/mol. The van der Waals surface area contributed by atoms with Crippen LogP contribution in [0.2, 0.25) is 0 Å². The molecule has 1 atom stereocenters. The Morgan fingerprint density at radius 2 is 2.25 bits per heavy atom. The molecule has 0 aromatic carbocycles. The SMILES string of the molecule is O=C(c1ccsc1)C1CCCc2sccc21. The van der Waals surface area contributed by atoms with Gasteiger partial charge in [-0.15, -0.1) is 11.3 Å². The standard InChI is InChI=1S/C13H12OS2/c14-13(9-4-6-15-8-9)11-2-1-3-12-10(11)5-7-16-12/h4-8,11H,1-3H2. The van der Waals surface area contributed by atoms with Gasteiger partial charge < -0.3 is 0 Å². The van der Waals surface area contributed by atoms with Crippen LogP contribution in [0.15, 0.2) is 28.3 Å². The number of hydrogen-bond donors (Lipinski definition) is 0. The van der Waals surface area contributed by atoms with Crippen LogP contribution in [0.4, 0.5) is 0 Å². The Hall–Kier alpha value is -0.930. The molecule has 1 aliphatic carbocycles. The zero-order chi connectivity index (χ0) is 11.0. The number of thiophene rings is 2. The first-order chi connectivity index (χ1) is 7.86. The summed E-state index contributed by atoms with van der Waals surface area (Å²) in [6.07, 6.45) is 3.31. The second kappa shape index (κ2) is 4.15. The highest BCUT2D eigenvalue weighted by atomic mass is 32.1. The molecule has 0 spiro atoms. The minimum absolute atomic E-state index is 0.115. The molecule has 16 heavy (non-hydrogen) atoms. The van der Waals surface area contributed by atoms with Crippen LogP contribution in [-0.2, 0) is 6.42 Å². The van der Waals surface area contributed by atoms with Gasteiger partial charge in [0.25, 0.3) is 0 Å². The van der Waals surface area contributed by atoms with Crippen molar-refractivity contribution in [3.8, 4) is 0 Å². The molecule has 1 unspecified atom stereocenters. The molecular weight excluding hydrogens is 236 g/mol. The van der Waals surface area contributed by atoms with Crippen molar-refractivity contribution in [2.75, 3.05) is 0 Å². The van der Waals surface area contributed by atoms with Gasteiger partial charge in [0, 0.05) is 21.7 Å². The molecule has 2 heterocycles. The molecule has 1 aliphatic rings. The average molecular weight is 248 g/mol. The maximum Gasteiger partial charge on any atom is 0.171 e. The second-order valence-electron chi connectivity index (χ2n) is 4.12. The van der Waals surface area contributed by atoms with E-state index in [1.165, 1.54) is 10.4 Å². The molecule has 3 rings (SSSR count). The average Bonchev–Trinajstić information content (AvgIpc) is 2.98. The van der Waals surface area contributed by atoms with Crippen molar-refractivity contribution >= 4 is 28.5 Å². The lowest BCUT2D eigenvalue weighted by Gasteiger charge is -2.20. The maximum atomic E-state index is 12.3. The van der Waals surface area contributed by atoms with E-state index in [0.717, 1.165) is 24.8 Å². The molecule has 0 N–H and O–H groups in total. The lowest BCUT2D eigenvalue weighted by atomic mass is 9.83. The molecule has 0 aliphatic heterocycles. The number of hydrogen-bond acceptors (Lipinski definition) is 3. The van der Waals surface area contributed by atoms with Crippen LogP contribution in [0.3, 0.4) is 0 Å². The Morgan fingerprint density at radius 1 is 1.31 bits per heavy atom. The third-order valence-corrected chi connectivity index (χ3v) is 4.85. The maximum absolute atomic E-state index is 12.3. The van der Waals surface area contributed by atoms with E-state index in [0.29, 0.717) is 5.78 Å². The van der Waals surface area contributed by atoms with Gasteiger partial charge in [-0.05, 0) is 47.7 Å². The highest BCUT2D eigenvalue weighted by molar-refractivity contribution is 7.10. The van der Waals surface area contributed by atoms with E-state index in [9.17, 15) is 4.79 Å². The first-order valence-corrected chi connectivity index (χ1v) is 7.31. The van der Waals surface area contributed by atoms with Gasteiger partial charge in [0.15, 0.2) is 5.78 Å². The minimum atomic E-state index is 0.115. The molecule has 2 aromatic heterocycles. The lowest BCUT2D eigenvalue weighted by molar-refractivity contribution is 0.0952. The summed E-state index contributed by atoms with van der Waals surface area (Å²) >= 11 is 3.39. The van der Waals surface area contributed by atoms with Crippen LogP contribution in [-0.4, -0.2) is 5.78 Å². The molecule has 2 aromatic rings. The van der Waals surface area contributed by atoms with Crippen molar-refractivity contribution in [3.05, 3.63) is 44.3 Å². The second-order valence-corrected chi connectivity index (χ2v) is 5.90. The quantitative estimate of drug-likeness (QED) is 0.731. The largest absolute Gasteiger partial charge is 0.293 e. The van der Waals surface area contributed by atoms with E-state index in [2.05, 4.69) is 11.4 Å². The summed E-state index contributed by atoms with van der Waals surface area (Å²) in [4.78, 5) is 13.7. The van der Waals surface area contributed by atoms with Crippen LogP contribution in [0.1, 0.15) is 39.6 Å². The third kappa shape index (κ3) is 1.64. The zero-order valence-corrected chi connectivity index (χ0v) is 10.4. The van der Waals surface area contributed by atoms with E-state index in [1.807, 2.05) is 16.8 Å². The van der Waals surface area contributed by atoms with Crippen molar-refractivity contribution in [3.63, 3.8) is 0 Å². The fourth-order valence-corrected chi connectivity index (χ4v) is 4.00. The fourth-order valence-electron chi connectivity index (χ4n) is 2.36. The normalized spacial score (nSPS) is 19.4. The van der Waals surface area contributed by atoms with E-state index in [-0.39, 0.29) is 5.92 Å². The number of ketones is 1. The fraction of sp³-hybridized carbons (Fsp3) is 0.308. The van der Waals surface area contributed by atoms with Crippen molar-refractivity contribution < 1.29 is 4.79 Å². The predicted octanol–water partition coefficient (Wildman–Crippen LogP) is 4.11. The van der Waals surface area contributed by atoms with Gasteiger partial charge in [0.05, 0.1) is 0 Å². The number of Topliss-reactive ketones (excluding diaryl/α,β-unsaturated/α-hetero) is 1. The summed E-state index contributed by atoms with van der Waals surface area (Å²) in [5.74, 6) is 0.421. The van der Waals surface area contributed by atoms with Crippen LogP contribution >= 0.6 is 22.7 Å². The number of carbonyl (C=O) groups excluding carboxylic acids is 1. The third-order valence-electron chi connectivity index (χ3n) is 3.17. The Kier molecular flexibility index (Phi) is 2.65. The van der Waals surface area contributed by atoms with Gasteiger partial charge >= 0.3 is 0 Å². The van der Waals surface area contributed by atoms with Crippen LogP contribution in [0.5, 0.6) is 0 Å². The zero-order valence-electron chi connectivity index (χ0n) is 8.81. The van der Waals surface area contributed by atoms with E-state index in [1.54, 1.807) is 22.7 Å². The van der Waals surface area contributed by atoms with E-state index in [4.69, 9.17) is 0 Å². The highest BCUT2D eigenvalue weighted by Gasteiger charge is 2.27. The summed E-state index contributed by atoms with van der Waals surface area (Å²) in [5.41, 5.74) is 2.17. The summed E-state index contributed by atoms with van der Waals surface area (Å²) in [6, 6.07) is 4.07. The van der Waals surface area contributed by atoms with Crippen molar-refractivity contribution in [2.45, 2.75) is 25.2 Å². The summed E-state index contributed by atoms with van der Waals surface area (Å²) < 4.78 is 0. The first kappa shape index (κ1) is 10.2. The van der Waals surface area contributed by atoms with Gasteiger partial charge in [0.1, 0.15) is 0 Å². The van der Waals surface area contributed by atoms with Gasteiger partial charge in [-0.1, -0.05) is 0 Å². The van der Waals surface area contributed by atoms with E-state index < -0.39 is 0 Å². The smallest absolute Gasteiger partial charge is 0.171 e. The van der Waals surface area contributed by atoms with Crippen LogP contribution in [0.25, 0.3) is 0 Å². The van der Waals surface area contributed by atoms with Gasteiger partial charge in [0.2, 0.25) is 0 Å². The molecular formula is C13H12OS2. The molecule has 0 bridgehead atoms. The molecule has 3 heteroatoms.